The first-order valence-corrected chi connectivity index (χ1v) is 6.89. The standard InChI is InChI=1S/C17H18N4/c1-19-16-8-7-14(11-15(16)18)17(21-10-9-20-12-21)13-5-3-2-4-6-13/h2-12,17,19H,18H2,1H3. The van der Waals surface area contributed by atoms with Gasteiger partial charge in [0.25, 0.3) is 0 Å². The Labute approximate surface area is 124 Å². The number of hydrogen-bond donors (Lipinski definition) is 2. The summed E-state index contributed by atoms with van der Waals surface area (Å²) in [5, 5.41) is 3.09. The maximum absolute atomic E-state index is 6.11. The molecule has 0 saturated carbocycles. The number of imidazole rings is 1. The third-order valence-electron chi connectivity index (χ3n) is 3.60. The molecule has 0 spiro atoms. The number of hydrogen-bond acceptors (Lipinski definition) is 3. The fourth-order valence-electron chi connectivity index (χ4n) is 2.57. The SMILES string of the molecule is CNc1ccc(C(c2ccccc2)n2ccnc2)cc1N. The molecule has 0 bridgehead atoms. The molecule has 0 aliphatic carbocycles. The van der Waals surface area contributed by atoms with Crippen LogP contribution in [0.4, 0.5) is 11.4 Å². The van der Waals surface area contributed by atoms with Crippen LogP contribution in [0.1, 0.15) is 17.2 Å². The fourth-order valence-corrected chi connectivity index (χ4v) is 2.57. The molecular formula is C17H18N4. The van der Waals surface area contributed by atoms with Crippen LogP contribution >= 0.6 is 0 Å². The van der Waals surface area contributed by atoms with E-state index in [1.807, 2.05) is 49.9 Å². The molecule has 21 heavy (non-hydrogen) atoms. The van der Waals surface area contributed by atoms with Crippen LogP contribution in [-0.2, 0) is 0 Å². The van der Waals surface area contributed by atoms with Crippen LogP contribution in [0.2, 0.25) is 0 Å². The lowest BCUT2D eigenvalue weighted by atomic mass is 9.97. The third-order valence-corrected chi connectivity index (χ3v) is 3.60. The second-order valence-electron chi connectivity index (χ2n) is 4.92. The molecule has 0 fully saturated rings. The summed E-state index contributed by atoms with van der Waals surface area (Å²) in [5.41, 5.74) is 10.1. The summed E-state index contributed by atoms with van der Waals surface area (Å²) in [6.07, 6.45) is 5.60. The molecule has 2 aromatic carbocycles. The van der Waals surface area contributed by atoms with Crippen LogP contribution in [0.15, 0.2) is 67.3 Å². The molecule has 1 aromatic heterocycles. The Morgan fingerprint density at radius 2 is 1.90 bits per heavy atom. The zero-order valence-corrected chi connectivity index (χ0v) is 11.9. The van der Waals surface area contributed by atoms with Crippen LogP contribution in [0, 0.1) is 0 Å². The minimum absolute atomic E-state index is 0.0712. The maximum Gasteiger partial charge on any atom is 0.0954 e. The van der Waals surface area contributed by atoms with E-state index in [2.05, 4.69) is 33.1 Å². The number of aromatic nitrogens is 2. The monoisotopic (exact) mass is 278 g/mol. The Hall–Kier alpha value is -2.75. The average Bonchev–Trinajstić information content (AvgIpc) is 3.03. The van der Waals surface area contributed by atoms with Gasteiger partial charge in [-0.15, -0.1) is 0 Å². The Kier molecular flexibility index (Phi) is 3.60. The highest BCUT2D eigenvalue weighted by Gasteiger charge is 2.16. The van der Waals surface area contributed by atoms with Crippen molar-refractivity contribution in [2.45, 2.75) is 6.04 Å². The Bertz CT molecular complexity index is 705. The van der Waals surface area contributed by atoms with E-state index in [-0.39, 0.29) is 6.04 Å². The number of nitrogens with two attached hydrogens (primary N) is 1. The van der Waals surface area contributed by atoms with E-state index < -0.39 is 0 Å². The molecule has 0 aliphatic heterocycles. The van der Waals surface area contributed by atoms with Crippen molar-refractivity contribution in [2.24, 2.45) is 0 Å². The number of benzene rings is 2. The highest BCUT2D eigenvalue weighted by Crippen LogP contribution is 2.30. The summed E-state index contributed by atoms with van der Waals surface area (Å²) in [6.45, 7) is 0. The predicted octanol–water partition coefficient (Wildman–Crippen LogP) is 3.14. The Morgan fingerprint density at radius 1 is 1.10 bits per heavy atom. The number of nitrogens with zero attached hydrogens (tertiary/aromatic N) is 2. The van der Waals surface area contributed by atoms with E-state index in [9.17, 15) is 0 Å². The van der Waals surface area contributed by atoms with Gasteiger partial charge in [-0.2, -0.15) is 0 Å². The van der Waals surface area contributed by atoms with Crippen LogP contribution < -0.4 is 11.1 Å². The number of nitrogen functional groups attached to an aromatic ring is 1. The van der Waals surface area contributed by atoms with Crippen molar-refractivity contribution in [3.05, 3.63) is 78.4 Å². The number of nitrogens with one attached hydrogen (secondary N) is 1. The van der Waals surface area contributed by atoms with Crippen molar-refractivity contribution in [3.8, 4) is 0 Å². The topological polar surface area (TPSA) is 55.9 Å². The summed E-state index contributed by atoms with van der Waals surface area (Å²) in [7, 11) is 1.87. The predicted molar refractivity (Wildman–Crippen MR) is 86.3 cm³/mol. The number of rotatable bonds is 4. The lowest BCUT2D eigenvalue weighted by molar-refractivity contribution is 0.677. The van der Waals surface area contributed by atoms with Crippen LogP contribution in [0.3, 0.4) is 0 Å². The van der Waals surface area contributed by atoms with Gasteiger partial charge in [0.15, 0.2) is 0 Å². The summed E-state index contributed by atoms with van der Waals surface area (Å²) >= 11 is 0. The molecule has 106 valence electrons. The van der Waals surface area contributed by atoms with Crippen LogP contribution in [0.5, 0.6) is 0 Å². The van der Waals surface area contributed by atoms with Crippen molar-refractivity contribution in [1.29, 1.82) is 0 Å². The lowest BCUT2D eigenvalue weighted by Gasteiger charge is -2.20. The summed E-state index contributed by atoms with van der Waals surface area (Å²) in [5.74, 6) is 0. The Morgan fingerprint density at radius 3 is 2.52 bits per heavy atom. The van der Waals surface area contributed by atoms with Gasteiger partial charge in [0.05, 0.1) is 23.7 Å². The molecular weight excluding hydrogens is 260 g/mol. The first-order chi connectivity index (χ1) is 10.3. The van der Waals surface area contributed by atoms with E-state index in [0.717, 1.165) is 16.9 Å². The van der Waals surface area contributed by atoms with Gasteiger partial charge in [0, 0.05) is 19.4 Å². The molecule has 4 nitrogen and oxygen atoms in total. The highest BCUT2D eigenvalue weighted by atomic mass is 15.1. The maximum atomic E-state index is 6.11. The summed E-state index contributed by atoms with van der Waals surface area (Å²) in [6, 6.07) is 16.5. The van der Waals surface area contributed by atoms with Gasteiger partial charge in [-0.1, -0.05) is 36.4 Å². The zero-order chi connectivity index (χ0) is 14.7. The van der Waals surface area contributed by atoms with E-state index >= 15 is 0 Å². The molecule has 1 unspecified atom stereocenters. The van der Waals surface area contributed by atoms with Crippen molar-refractivity contribution in [2.75, 3.05) is 18.1 Å². The van der Waals surface area contributed by atoms with Crippen molar-refractivity contribution in [3.63, 3.8) is 0 Å². The quantitative estimate of drug-likeness (QED) is 0.721. The molecule has 3 aromatic rings. The fraction of sp³-hybridized carbons (Fsp3) is 0.118. The molecule has 4 heteroatoms. The summed E-state index contributed by atoms with van der Waals surface area (Å²) in [4.78, 5) is 4.17. The highest BCUT2D eigenvalue weighted by molar-refractivity contribution is 5.67. The minimum atomic E-state index is 0.0712. The number of anilines is 2. The second kappa shape index (κ2) is 5.71. The van der Waals surface area contributed by atoms with Gasteiger partial charge in [-0.25, -0.2) is 4.98 Å². The first-order valence-electron chi connectivity index (χ1n) is 6.89. The average molecular weight is 278 g/mol. The third kappa shape index (κ3) is 2.60. The molecule has 3 N–H and O–H groups in total. The molecule has 0 amide bonds. The van der Waals surface area contributed by atoms with Gasteiger partial charge in [-0.3, -0.25) is 0 Å². The van der Waals surface area contributed by atoms with Crippen molar-refractivity contribution < 1.29 is 0 Å². The molecule has 0 aliphatic rings. The van der Waals surface area contributed by atoms with E-state index in [0.29, 0.717) is 0 Å². The molecule has 0 saturated heterocycles. The molecule has 1 heterocycles. The van der Waals surface area contributed by atoms with Gasteiger partial charge in [-0.05, 0) is 23.3 Å². The first kappa shape index (κ1) is 13.2. The van der Waals surface area contributed by atoms with Gasteiger partial charge in [0.2, 0.25) is 0 Å². The van der Waals surface area contributed by atoms with E-state index in [4.69, 9.17) is 5.73 Å². The smallest absolute Gasteiger partial charge is 0.0954 e. The Balaban J connectivity index is 2.10. The van der Waals surface area contributed by atoms with Gasteiger partial charge >= 0.3 is 0 Å². The second-order valence-corrected chi connectivity index (χ2v) is 4.92. The zero-order valence-electron chi connectivity index (χ0n) is 11.9. The lowest BCUT2D eigenvalue weighted by Crippen LogP contribution is -2.11. The summed E-state index contributed by atoms with van der Waals surface area (Å²) < 4.78 is 2.09. The van der Waals surface area contributed by atoms with Gasteiger partial charge < -0.3 is 15.6 Å². The van der Waals surface area contributed by atoms with Crippen molar-refractivity contribution in [1.82, 2.24) is 9.55 Å². The van der Waals surface area contributed by atoms with E-state index in [1.165, 1.54) is 5.56 Å². The van der Waals surface area contributed by atoms with Crippen LogP contribution in [0.25, 0.3) is 0 Å². The molecule has 3 rings (SSSR count). The van der Waals surface area contributed by atoms with Gasteiger partial charge in [0.1, 0.15) is 0 Å². The largest absolute Gasteiger partial charge is 0.397 e. The van der Waals surface area contributed by atoms with Crippen LogP contribution in [-0.4, -0.2) is 16.6 Å². The molecule has 1 atom stereocenters. The normalized spacial score (nSPS) is 12.0. The molecule has 0 radical (unpaired) electrons. The minimum Gasteiger partial charge on any atom is -0.397 e. The van der Waals surface area contributed by atoms with Crippen molar-refractivity contribution >= 4 is 11.4 Å². The van der Waals surface area contributed by atoms with E-state index in [1.54, 1.807) is 6.20 Å².